The van der Waals surface area contributed by atoms with E-state index in [2.05, 4.69) is 36.1 Å². The number of amidine groups is 1. The SMILES string of the molecule is CCC(N)=NC(=O)c1cc(Br)cnc1N1CCC(NC2CCCCC2)CC1. The number of anilines is 1. The van der Waals surface area contributed by atoms with E-state index in [-0.39, 0.29) is 5.91 Å². The molecule has 6 nitrogen and oxygen atoms in total. The number of rotatable bonds is 5. The third-order valence-corrected chi connectivity index (χ3v) is 5.98. The monoisotopic (exact) mass is 435 g/mol. The summed E-state index contributed by atoms with van der Waals surface area (Å²) in [4.78, 5) is 23.3. The van der Waals surface area contributed by atoms with E-state index in [1.807, 2.05) is 6.92 Å². The average molecular weight is 436 g/mol. The molecule has 1 aromatic rings. The molecule has 1 saturated heterocycles. The summed E-state index contributed by atoms with van der Waals surface area (Å²) in [6.45, 7) is 3.68. The standard InChI is InChI=1S/C20H30BrN5O/c1-2-18(22)25-20(27)17-12-14(21)13-23-19(17)26-10-8-16(9-11-26)24-15-6-4-3-5-7-15/h12-13,15-16,24H,2-11H2,1H3,(H2,22,25,27). The lowest BCUT2D eigenvalue weighted by Crippen LogP contribution is -2.47. The van der Waals surface area contributed by atoms with Crippen LogP contribution in [0.15, 0.2) is 21.7 Å². The van der Waals surface area contributed by atoms with Crippen molar-refractivity contribution < 1.29 is 4.79 Å². The third-order valence-electron chi connectivity index (χ3n) is 5.54. The lowest BCUT2D eigenvalue weighted by molar-refractivity contribution is 0.100. The van der Waals surface area contributed by atoms with E-state index in [1.165, 1.54) is 32.1 Å². The van der Waals surface area contributed by atoms with Crippen LogP contribution in [-0.4, -0.2) is 41.9 Å². The highest BCUT2D eigenvalue weighted by Crippen LogP contribution is 2.26. The van der Waals surface area contributed by atoms with Crippen LogP contribution in [0.3, 0.4) is 0 Å². The van der Waals surface area contributed by atoms with E-state index in [1.54, 1.807) is 12.3 Å². The first kappa shape index (κ1) is 20.3. The van der Waals surface area contributed by atoms with Crippen molar-refractivity contribution >= 4 is 33.5 Å². The first-order chi connectivity index (χ1) is 13.1. The van der Waals surface area contributed by atoms with E-state index >= 15 is 0 Å². The number of carbonyl (C=O) groups excluding carboxylic acids is 1. The van der Waals surface area contributed by atoms with Crippen molar-refractivity contribution in [3.63, 3.8) is 0 Å². The van der Waals surface area contributed by atoms with Crippen LogP contribution in [0.4, 0.5) is 5.82 Å². The number of hydrogen-bond donors (Lipinski definition) is 2. The molecular formula is C20H30BrN5O. The zero-order valence-corrected chi connectivity index (χ0v) is 17.7. The lowest BCUT2D eigenvalue weighted by Gasteiger charge is -2.36. The van der Waals surface area contributed by atoms with Gasteiger partial charge in [0, 0.05) is 42.3 Å². The summed E-state index contributed by atoms with van der Waals surface area (Å²) < 4.78 is 0.772. The second-order valence-electron chi connectivity index (χ2n) is 7.55. The molecule has 1 aliphatic heterocycles. The average Bonchev–Trinajstić information content (AvgIpc) is 2.69. The van der Waals surface area contributed by atoms with Crippen LogP contribution in [0.5, 0.6) is 0 Å². The largest absolute Gasteiger partial charge is 0.387 e. The fourth-order valence-electron chi connectivity index (χ4n) is 3.97. The van der Waals surface area contributed by atoms with E-state index in [4.69, 9.17) is 5.73 Å². The van der Waals surface area contributed by atoms with Gasteiger partial charge in [0.15, 0.2) is 0 Å². The van der Waals surface area contributed by atoms with Gasteiger partial charge in [0.1, 0.15) is 11.7 Å². The number of aromatic nitrogens is 1. The van der Waals surface area contributed by atoms with Crippen LogP contribution in [0, 0.1) is 0 Å². The van der Waals surface area contributed by atoms with Crippen molar-refractivity contribution in [3.05, 3.63) is 22.3 Å². The highest BCUT2D eigenvalue weighted by atomic mass is 79.9. The van der Waals surface area contributed by atoms with E-state index in [0.717, 1.165) is 30.4 Å². The van der Waals surface area contributed by atoms with Gasteiger partial charge in [0.2, 0.25) is 0 Å². The molecule has 0 spiro atoms. The maximum Gasteiger partial charge on any atom is 0.282 e. The smallest absolute Gasteiger partial charge is 0.282 e. The van der Waals surface area contributed by atoms with Gasteiger partial charge in [0.25, 0.3) is 5.91 Å². The van der Waals surface area contributed by atoms with Gasteiger partial charge >= 0.3 is 0 Å². The number of hydrogen-bond acceptors (Lipinski definition) is 4. The van der Waals surface area contributed by atoms with Crippen molar-refractivity contribution in [2.75, 3.05) is 18.0 Å². The van der Waals surface area contributed by atoms with Gasteiger partial charge < -0.3 is 16.0 Å². The second kappa shape index (κ2) is 9.64. The molecule has 0 aromatic carbocycles. The zero-order chi connectivity index (χ0) is 19.2. The summed E-state index contributed by atoms with van der Waals surface area (Å²) in [7, 11) is 0. The van der Waals surface area contributed by atoms with Crippen LogP contribution in [0.2, 0.25) is 0 Å². The molecule has 1 amide bonds. The van der Waals surface area contributed by atoms with Crippen molar-refractivity contribution in [1.82, 2.24) is 10.3 Å². The minimum Gasteiger partial charge on any atom is -0.387 e. The number of amides is 1. The Morgan fingerprint density at radius 3 is 2.59 bits per heavy atom. The molecule has 0 atom stereocenters. The fraction of sp³-hybridized carbons (Fsp3) is 0.650. The summed E-state index contributed by atoms with van der Waals surface area (Å²) in [6, 6.07) is 3.04. The fourth-order valence-corrected chi connectivity index (χ4v) is 4.30. The van der Waals surface area contributed by atoms with Gasteiger partial charge in [-0.15, -0.1) is 0 Å². The van der Waals surface area contributed by atoms with E-state index < -0.39 is 0 Å². The molecule has 148 valence electrons. The Bertz CT molecular complexity index is 679. The van der Waals surface area contributed by atoms with Crippen LogP contribution in [-0.2, 0) is 0 Å². The number of aliphatic imine (C=N–C) groups is 1. The quantitative estimate of drug-likeness (QED) is 0.544. The second-order valence-corrected chi connectivity index (χ2v) is 8.47. The number of nitrogens with two attached hydrogens (primary N) is 1. The predicted molar refractivity (Wildman–Crippen MR) is 113 cm³/mol. The number of piperidine rings is 1. The first-order valence-electron chi connectivity index (χ1n) is 10.1. The number of carbonyl (C=O) groups is 1. The molecular weight excluding hydrogens is 406 g/mol. The molecule has 3 N–H and O–H groups in total. The number of nitrogens with zero attached hydrogens (tertiary/aromatic N) is 3. The first-order valence-corrected chi connectivity index (χ1v) is 10.9. The van der Waals surface area contributed by atoms with Crippen LogP contribution < -0.4 is 16.0 Å². The molecule has 2 fully saturated rings. The molecule has 0 bridgehead atoms. The summed E-state index contributed by atoms with van der Waals surface area (Å²) in [6.07, 6.45) is 11.1. The summed E-state index contributed by atoms with van der Waals surface area (Å²) in [5.41, 5.74) is 6.27. The Kier molecular flexibility index (Phi) is 7.24. The van der Waals surface area contributed by atoms with Crippen LogP contribution in [0.25, 0.3) is 0 Å². The highest BCUT2D eigenvalue weighted by molar-refractivity contribution is 9.10. The van der Waals surface area contributed by atoms with Crippen LogP contribution >= 0.6 is 15.9 Å². The lowest BCUT2D eigenvalue weighted by atomic mass is 9.93. The van der Waals surface area contributed by atoms with Gasteiger partial charge in [-0.1, -0.05) is 26.2 Å². The van der Waals surface area contributed by atoms with E-state index in [0.29, 0.717) is 35.7 Å². The Labute approximate surface area is 170 Å². The molecule has 1 aliphatic carbocycles. The van der Waals surface area contributed by atoms with Gasteiger partial charge in [-0.25, -0.2) is 4.98 Å². The van der Waals surface area contributed by atoms with Crippen molar-refractivity contribution in [2.24, 2.45) is 10.7 Å². The normalized spacial score (nSPS) is 20.1. The van der Waals surface area contributed by atoms with Gasteiger partial charge in [-0.2, -0.15) is 4.99 Å². The summed E-state index contributed by atoms with van der Waals surface area (Å²) in [5.74, 6) is 0.744. The van der Waals surface area contributed by atoms with Gasteiger partial charge in [0.05, 0.1) is 5.56 Å². The Morgan fingerprint density at radius 2 is 1.93 bits per heavy atom. The highest BCUT2D eigenvalue weighted by Gasteiger charge is 2.26. The number of halogens is 1. The van der Waals surface area contributed by atoms with Crippen molar-refractivity contribution in [2.45, 2.75) is 70.4 Å². The predicted octanol–water partition coefficient (Wildman–Crippen LogP) is 3.64. The summed E-state index contributed by atoms with van der Waals surface area (Å²) >= 11 is 3.41. The van der Waals surface area contributed by atoms with Crippen molar-refractivity contribution in [3.8, 4) is 0 Å². The Balaban J connectivity index is 1.66. The molecule has 0 unspecified atom stereocenters. The number of pyridine rings is 1. The van der Waals surface area contributed by atoms with Crippen molar-refractivity contribution in [1.29, 1.82) is 0 Å². The van der Waals surface area contributed by atoms with Gasteiger partial charge in [-0.3, -0.25) is 4.79 Å². The molecule has 27 heavy (non-hydrogen) atoms. The maximum absolute atomic E-state index is 12.6. The van der Waals surface area contributed by atoms with Gasteiger partial charge in [-0.05, 0) is 47.7 Å². The molecule has 2 aliphatic rings. The minimum atomic E-state index is -0.319. The molecule has 2 heterocycles. The van der Waals surface area contributed by atoms with Crippen LogP contribution in [0.1, 0.15) is 68.6 Å². The molecule has 1 saturated carbocycles. The minimum absolute atomic E-state index is 0.319. The molecule has 7 heteroatoms. The summed E-state index contributed by atoms with van der Waals surface area (Å²) in [5, 5.41) is 3.85. The van der Waals surface area contributed by atoms with E-state index in [9.17, 15) is 4.79 Å². The number of nitrogens with one attached hydrogen (secondary N) is 1. The Morgan fingerprint density at radius 1 is 1.26 bits per heavy atom. The zero-order valence-electron chi connectivity index (χ0n) is 16.1. The topological polar surface area (TPSA) is 83.6 Å². The third kappa shape index (κ3) is 5.51. The molecule has 3 rings (SSSR count). The maximum atomic E-state index is 12.6. The molecule has 0 radical (unpaired) electrons. The molecule has 1 aromatic heterocycles. The Hall–Kier alpha value is -1.47.